The first-order valence-electron chi connectivity index (χ1n) is 7.03. The fraction of sp³-hybridized carbons (Fsp3) is 0.267. The first-order chi connectivity index (χ1) is 10.9. The van der Waals surface area contributed by atoms with E-state index >= 15 is 0 Å². The molecule has 1 atom stereocenters. The topological polar surface area (TPSA) is 104 Å². The first-order valence-corrected chi connectivity index (χ1v) is 7.03. The normalized spacial score (nSPS) is 12.7. The van der Waals surface area contributed by atoms with Crippen molar-refractivity contribution in [1.29, 1.82) is 0 Å². The van der Waals surface area contributed by atoms with Crippen LogP contribution >= 0.6 is 0 Å². The summed E-state index contributed by atoms with van der Waals surface area (Å²) in [6.45, 7) is 2.97. The van der Waals surface area contributed by atoms with Crippen molar-refractivity contribution in [1.82, 2.24) is 19.7 Å². The minimum atomic E-state index is -0.671. The van der Waals surface area contributed by atoms with E-state index in [0.29, 0.717) is 11.1 Å². The average molecular weight is 318 g/mol. The van der Waals surface area contributed by atoms with Crippen LogP contribution in [0, 0.1) is 12.7 Å². The van der Waals surface area contributed by atoms with Gasteiger partial charge in [-0.05, 0) is 31.0 Å². The van der Waals surface area contributed by atoms with Crippen molar-refractivity contribution in [3.05, 3.63) is 61.7 Å². The lowest BCUT2D eigenvalue weighted by atomic mass is 10.1. The maximum absolute atomic E-state index is 13.8. The number of benzene rings is 1. The maximum atomic E-state index is 13.8. The van der Waals surface area contributed by atoms with Crippen LogP contribution in [0.4, 0.5) is 4.39 Å². The van der Waals surface area contributed by atoms with E-state index in [0.717, 1.165) is 0 Å². The van der Waals surface area contributed by atoms with Gasteiger partial charge in [-0.15, -0.1) is 0 Å². The third kappa shape index (κ3) is 2.46. The predicted octanol–water partition coefficient (Wildman–Crippen LogP) is 0.962. The minimum absolute atomic E-state index is 0.117. The van der Waals surface area contributed by atoms with E-state index in [1.54, 1.807) is 26.0 Å². The van der Waals surface area contributed by atoms with Gasteiger partial charge in [0.25, 0.3) is 5.56 Å². The molecule has 1 aromatic carbocycles. The van der Waals surface area contributed by atoms with Crippen molar-refractivity contribution in [2.45, 2.75) is 26.5 Å². The van der Waals surface area contributed by atoms with Gasteiger partial charge in [0.1, 0.15) is 22.5 Å². The molecule has 2 heterocycles. The molecule has 3 aromatic rings. The fourth-order valence-electron chi connectivity index (χ4n) is 2.55. The SMILES string of the molecule is Cc1ccc(C(C)n2nc(CO)c3c(=O)[nH]c(=O)[nH]c32)cc1F. The molecule has 0 fully saturated rings. The van der Waals surface area contributed by atoms with E-state index in [2.05, 4.69) is 15.1 Å². The smallest absolute Gasteiger partial charge is 0.327 e. The molecule has 0 aliphatic carbocycles. The summed E-state index contributed by atoms with van der Waals surface area (Å²) >= 11 is 0. The van der Waals surface area contributed by atoms with E-state index in [9.17, 15) is 19.1 Å². The second-order valence-electron chi connectivity index (χ2n) is 5.37. The highest BCUT2D eigenvalue weighted by Gasteiger charge is 2.19. The second-order valence-corrected chi connectivity index (χ2v) is 5.37. The summed E-state index contributed by atoms with van der Waals surface area (Å²) in [4.78, 5) is 28.1. The number of fused-ring (bicyclic) bond motifs is 1. The highest BCUT2D eigenvalue weighted by molar-refractivity contribution is 5.77. The van der Waals surface area contributed by atoms with Crippen molar-refractivity contribution < 1.29 is 9.50 Å². The monoisotopic (exact) mass is 318 g/mol. The zero-order valence-electron chi connectivity index (χ0n) is 12.6. The van der Waals surface area contributed by atoms with Gasteiger partial charge >= 0.3 is 5.69 Å². The van der Waals surface area contributed by atoms with Gasteiger partial charge in [0, 0.05) is 0 Å². The van der Waals surface area contributed by atoms with E-state index in [-0.39, 0.29) is 22.5 Å². The quantitative estimate of drug-likeness (QED) is 0.669. The molecular formula is C15H15FN4O3. The summed E-state index contributed by atoms with van der Waals surface area (Å²) < 4.78 is 15.2. The Morgan fingerprint density at radius 2 is 2.09 bits per heavy atom. The molecule has 7 nitrogen and oxygen atoms in total. The molecule has 1 unspecified atom stereocenters. The molecule has 3 N–H and O–H groups in total. The molecule has 8 heteroatoms. The number of nitrogens with zero attached hydrogens (tertiary/aromatic N) is 2. The van der Waals surface area contributed by atoms with Crippen LogP contribution in [0.2, 0.25) is 0 Å². The molecule has 2 aromatic heterocycles. The van der Waals surface area contributed by atoms with Crippen molar-refractivity contribution in [2.75, 3.05) is 0 Å². The highest BCUT2D eigenvalue weighted by atomic mass is 19.1. The highest BCUT2D eigenvalue weighted by Crippen LogP contribution is 2.23. The molecule has 3 rings (SSSR count). The van der Waals surface area contributed by atoms with Crippen LogP contribution < -0.4 is 11.2 Å². The minimum Gasteiger partial charge on any atom is -0.390 e. The summed E-state index contributed by atoms with van der Waals surface area (Å²) in [5.41, 5.74) is 0.195. The number of hydrogen-bond acceptors (Lipinski definition) is 4. The summed E-state index contributed by atoms with van der Waals surface area (Å²) in [7, 11) is 0. The van der Waals surface area contributed by atoms with Crippen LogP contribution in [0.5, 0.6) is 0 Å². The van der Waals surface area contributed by atoms with Crippen molar-refractivity contribution in [3.8, 4) is 0 Å². The van der Waals surface area contributed by atoms with Crippen LogP contribution in [0.25, 0.3) is 11.0 Å². The lowest BCUT2D eigenvalue weighted by molar-refractivity contribution is 0.276. The van der Waals surface area contributed by atoms with Crippen molar-refractivity contribution in [2.24, 2.45) is 0 Å². The Morgan fingerprint density at radius 1 is 1.35 bits per heavy atom. The number of aliphatic hydroxyl groups excluding tert-OH is 1. The fourth-order valence-corrected chi connectivity index (χ4v) is 2.55. The van der Waals surface area contributed by atoms with Crippen LogP contribution in [0.15, 0.2) is 27.8 Å². The van der Waals surface area contributed by atoms with Gasteiger partial charge in [-0.25, -0.2) is 13.9 Å². The number of rotatable bonds is 3. The van der Waals surface area contributed by atoms with E-state index in [1.807, 2.05) is 0 Å². The standard InChI is InChI=1S/C15H15FN4O3/c1-7-3-4-9(5-10(7)16)8(2)20-13-12(11(6-21)19-20)14(22)18-15(23)17-13/h3-5,8,21H,6H2,1-2H3,(H2,17,18,22,23). The van der Waals surface area contributed by atoms with E-state index < -0.39 is 23.9 Å². The Bertz CT molecular complexity index is 1000. The molecule has 0 bridgehead atoms. The van der Waals surface area contributed by atoms with E-state index in [1.165, 1.54) is 10.7 Å². The van der Waals surface area contributed by atoms with Gasteiger partial charge in [-0.3, -0.25) is 14.8 Å². The Hall–Kier alpha value is -2.74. The summed E-state index contributed by atoms with van der Waals surface area (Å²) in [6, 6.07) is 4.35. The number of aromatic nitrogens is 4. The number of aryl methyl sites for hydroxylation is 1. The molecule has 0 saturated carbocycles. The number of nitrogens with one attached hydrogen (secondary N) is 2. The Morgan fingerprint density at radius 3 is 2.74 bits per heavy atom. The van der Waals surface area contributed by atoms with Crippen LogP contribution in [0.1, 0.15) is 29.8 Å². The summed E-state index contributed by atoms with van der Waals surface area (Å²) in [5.74, 6) is -0.348. The van der Waals surface area contributed by atoms with Gasteiger partial charge in [0.05, 0.1) is 12.6 Å². The Balaban J connectivity index is 2.25. The molecule has 0 aliphatic heterocycles. The molecule has 120 valence electrons. The third-order valence-electron chi connectivity index (χ3n) is 3.86. The zero-order valence-corrected chi connectivity index (χ0v) is 12.6. The van der Waals surface area contributed by atoms with Gasteiger partial charge in [0.2, 0.25) is 0 Å². The molecule has 23 heavy (non-hydrogen) atoms. The summed E-state index contributed by atoms with van der Waals surface area (Å²) in [6.07, 6.45) is 0. The number of H-pyrrole nitrogens is 2. The van der Waals surface area contributed by atoms with Crippen molar-refractivity contribution >= 4 is 11.0 Å². The number of hydrogen-bond donors (Lipinski definition) is 3. The molecule has 0 radical (unpaired) electrons. The first kappa shape index (κ1) is 15.2. The van der Waals surface area contributed by atoms with Gasteiger partial charge in [0.15, 0.2) is 0 Å². The van der Waals surface area contributed by atoms with Gasteiger partial charge in [-0.2, -0.15) is 5.10 Å². The zero-order chi connectivity index (χ0) is 16.7. The van der Waals surface area contributed by atoms with Crippen LogP contribution in [-0.4, -0.2) is 24.9 Å². The second kappa shape index (κ2) is 5.47. The average Bonchev–Trinajstić information content (AvgIpc) is 2.88. The van der Waals surface area contributed by atoms with Gasteiger partial charge in [-0.1, -0.05) is 12.1 Å². The molecular weight excluding hydrogens is 303 g/mol. The Labute approximate surface area is 129 Å². The maximum Gasteiger partial charge on any atom is 0.327 e. The van der Waals surface area contributed by atoms with Gasteiger partial charge < -0.3 is 5.11 Å². The lowest BCUT2D eigenvalue weighted by Crippen LogP contribution is -2.23. The molecule has 0 saturated heterocycles. The Kier molecular flexibility index (Phi) is 3.61. The van der Waals surface area contributed by atoms with Crippen LogP contribution in [-0.2, 0) is 6.61 Å². The molecule has 0 amide bonds. The largest absolute Gasteiger partial charge is 0.390 e. The number of aliphatic hydroxyl groups is 1. The molecule has 0 spiro atoms. The van der Waals surface area contributed by atoms with E-state index in [4.69, 9.17) is 0 Å². The molecule has 0 aliphatic rings. The van der Waals surface area contributed by atoms with Crippen LogP contribution in [0.3, 0.4) is 0 Å². The number of aromatic amines is 2. The lowest BCUT2D eigenvalue weighted by Gasteiger charge is -2.14. The third-order valence-corrected chi connectivity index (χ3v) is 3.86. The number of halogens is 1. The van der Waals surface area contributed by atoms with Crippen molar-refractivity contribution in [3.63, 3.8) is 0 Å². The predicted molar refractivity (Wildman–Crippen MR) is 81.8 cm³/mol. The summed E-state index contributed by atoms with van der Waals surface area (Å²) in [5, 5.41) is 13.7.